The van der Waals surface area contributed by atoms with E-state index < -0.39 is 10.0 Å². The molecule has 1 rings (SSSR count). The maximum Gasteiger partial charge on any atom is 0.253 e. The highest BCUT2D eigenvalue weighted by molar-refractivity contribution is 7.91. The van der Waals surface area contributed by atoms with Gasteiger partial charge in [0.1, 0.15) is 4.21 Å². The van der Waals surface area contributed by atoms with Crippen LogP contribution in [0.25, 0.3) is 0 Å². The summed E-state index contributed by atoms with van der Waals surface area (Å²) in [6.45, 7) is 6.11. The molecule has 0 aromatic carbocycles. The predicted octanol–water partition coefficient (Wildman–Crippen LogP) is 1.54. The lowest BCUT2D eigenvalue weighted by atomic mass is 10.3. The standard InChI is InChI=1S/C13H20N2O2S2/c1-4-11-15(6-3)19(16,17)13-8-7-12(18-13)9-10-14-5-2/h1,7-8,14H,5-6,9-11H2,2-3H3. The van der Waals surface area contributed by atoms with Crippen molar-refractivity contribution in [1.29, 1.82) is 0 Å². The van der Waals surface area contributed by atoms with Crippen LogP contribution < -0.4 is 5.32 Å². The van der Waals surface area contributed by atoms with E-state index in [0.29, 0.717) is 10.8 Å². The fourth-order valence-electron chi connectivity index (χ4n) is 1.62. The molecule has 0 saturated carbocycles. The molecule has 106 valence electrons. The molecule has 0 fully saturated rings. The molecule has 0 amide bonds. The van der Waals surface area contributed by atoms with Crippen molar-refractivity contribution in [3.63, 3.8) is 0 Å². The number of thiophene rings is 1. The Hall–Kier alpha value is -0.870. The first-order valence-corrected chi connectivity index (χ1v) is 8.55. The zero-order valence-corrected chi connectivity index (χ0v) is 13.0. The van der Waals surface area contributed by atoms with Gasteiger partial charge in [0.05, 0.1) is 6.54 Å². The number of nitrogens with one attached hydrogen (secondary N) is 1. The second kappa shape index (κ2) is 7.65. The second-order valence-electron chi connectivity index (χ2n) is 3.96. The molecule has 0 saturated heterocycles. The van der Waals surface area contributed by atoms with Gasteiger partial charge in [0.2, 0.25) is 0 Å². The van der Waals surface area contributed by atoms with Gasteiger partial charge in [-0.25, -0.2) is 8.42 Å². The molecule has 6 heteroatoms. The Morgan fingerprint density at radius 1 is 1.42 bits per heavy atom. The zero-order valence-electron chi connectivity index (χ0n) is 11.3. The highest BCUT2D eigenvalue weighted by atomic mass is 32.2. The Morgan fingerprint density at radius 3 is 2.74 bits per heavy atom. The number of likely N-dealkylation sites (N-methyl/N-ethyl adjacent to an activating group) is 1. The van der Waals surface area contributed by atoms with Crippen LogP contribution in [-0.2, 0) is 16.4 Å². The Bertz CT molecular complexity index is 529. The summed E-state index contributed by atoms with van der Waals surface area (Å²) in [7, 11) is -3.43. The summed E-state index contributed by atoms with van der Waals surface area (Å²) < 4.78 is 26.3. The van der Waals surface area contributed by atoms with Crippen molar-refractivity contribution in [2.45, 2.75) is 24.5 Å². The molecule has 0 spiro atoms. The molecule has 0 aliphatic carbocycles. The minimum Gasteiger partial charge on any atom is -0.317 e. The molecule has 1 N–H and O–H groups in total. The third-order valence-corrected chi connectivity index (χ3v) is 6.18. The first-order valence-electron chi connectivity index (χ1n) is 6.29. The van der Waals surface area contributed by atoms with Gasteiger partial charge < -0.3 is 5.32 Å². The number of rotatable bonds is 8. The number of hydrogen-bond acceptors (Lipinski definition) is 4. The minimum absolute atomic E-state index is 0.115. The van der Waals surface area contributed by atoms with Crippen LogP contribution in [0.5, 0.6) is 0 Å². The average molecular weight is 300 g/mol. The van der Waals surface area contributed by atoms with Gasteiger partial charge in [0.15, 0.2) is 0 Å². The van der Waals surface area contributed by atoms with Crippen LogP contribution in [-0.4, -0.2) is 38.9 Å². The second-order valence-corrected chi connectivity index (χ2v) is 7.29. The van der Waals surface area contributed by atoms with Crippen molar-refractivity contribution in [2.75, 3.05) is 26.2 Å². The number of nitrogens with zero attached hydrogens (tertiary/aromatic N) is 1. The third kappa shape index (κ3) is 4.32. The average Bonchev–Trinajstić information content (AvgIpc) is 2.85. The van der Waals surface area contributed by atoms with Crippen molar-refractivity contribution in [3.8, 4) is 12.3 Å². The number of terminal acetylenes is 1. The summed E-state index contributed by atoms with van der Waals surface area (Å²) in [5.41, 5.74) is 0. The van der Waals surface area contributed by atoms with E-state index in [-0.39, 0.29) is 6.54 Å². The molecule has 0 aliphatic heterocycles. The summed E-state index contributed by atoms with van der Waals surface area (Å²) in [6.07, 6.45) is 6.05. The zero-order chi connectivity index (χ0) is 14.3. The van der Waals surface area contributed by atoms with Crippen molar-refractivity contribution in [1.82, 2.24) is 9.62 Å². The van der Waals surface area contributed by atoms with Gasteiger partial charge in [0, 0.05) is 11.4 Å². The molecular weight excluding hydrogens is 280 g/mol. The Kier molecular flexibility index (Phi) is 6.52. The van der Waals surface area contributed by atoms with Gasteiger partial charge in [-0.1, -0.05) is 19.8 Å². The van der Waals surface area contributed by atoms with Crippen LogP contribution in [0.4, 0.5) is 0 Å². The van der Waals surface area contributed by atoms with Crippen LogP contribution in [0, 0.1) is 12.3 Å². The van der Waals surface area contributed by atoms with E-state index in [4.69, 9.17) is 6.42 Å². The van der Waals surface area contributed by atoms with Crippen molar-refractivity contribution in [3.05, 3.63) is 17.0 Å². The van der Waals surface area contributed by atoms with E-state index in [0.717, 1.165) is 24.4 Å². The summed E-state index contributed by atoms with van der Waals surface area (Å²) >= 11 is 1.32. The van der Waals surface area contributed by atoms with Crippen LogP contribution in [0.2, 0.25) is 0 Å². The Balaban J connectivity index is 2.82. The fourth-order valence-corrected chi connectivity index (χ4v) is 4.49. The summed E-state index contributed by atoms with van der Waals surface area (Å²) in [4.78, 5) is 1.07. The maximum atomic E-state index is 12.3. The van der Waals surface area contributed by atoms with Crippen molar-refractivity contribution >= 4 is 21.4 Å². The number of hydrogen-bond donors (Lipinski definition) is 1. The predicted molar refractivity (Wildman–Crippen MR) is 79.8 cm³/mol. The molecule has 1 aromatic rings. The maximum absolute atomic E-state index is 12.3. The van der Waals surface area contributed by atoms with E-state index in [1.807, 2.05) is 13.0 Å². The largest absolute Gasteiger partial charge is 0.317 e. The molecule has 1 heterocycles. The van der Waals surface area contributed by atoms with Crippen LogP contribution in [0.15, 0.2) is 16.3 Å². The smallest absolute Gasteiger partial charge is 0.253 e. The van der Waals surface area contributed by atoms with Crippen molar-refractivity contribution < 1.29 is 8.42 Å². The van der Waals surface area contributed by atoms with E-state index in [1.165, 1.54) is 15.6 Å². The minimum atomic E-state index is -3.43. The van der Waals surface area contributed by atoms with Crippen molar-refractivity contribution in [2.24, 2.45) is 0 Å². The van der Waals surface area contributed by atoms with Gasteiger partial charge in [-0.3, -0.25) is 0 Å². The molecule has 1 aromatic heterocycles. The fraction of sp³-hybridized carbons (Fsp3) is 0.538. The van der Waals surface area contributed by atoms with Gasteiger partial charge in [-0.05, 0) is 31.6 Å². The SMILES string of the molecule is C#CCN(CC)S(=O)(=O)c1ccc(CCNCC)s1. The van der Waals surface area contributed by atoms with Crippen LogP contribution >= 0.6 is 11.3 Å². The lowest BCUT2D eigenvalue weighted by Crippen LogP contribution is -2.30. The number of sulfonamides is 1. The van der Waals surface area contributed by atoms with E-state index in [1.54, 1.807) is 13.0 Å². The molecule has 19 heavy (non-hydrogen) atoms. The molecule has 0 aliphatic rings. The third-order valence-electron chi connectivity index (χ3n) is 2.65. The van der Waals surface area contributed by atoms with Crippen LogP contribution in [0.1, 0.15) is 18.7 Å². The van der Waals surface area contributed by atoms with E-state index in [2.05, 4.69) is 11.2 Å². The molecule has 0 radical (unpaired) electrons. The lowest BCUT2D eigenvalue weighted by Gasteiger charge is -2.16. The molecule has 0 unspecified atom stereocenters. The monoisotopic (exact) mass is 300 g/mol. The Labute approximate surface area is 119 Å². The van der Waals surface area contributed by atoms with Gasteiger partial charge >= 0.3 is 0 Å². The van der Waals surface area contributed by atoms with E-state index in [9.17, 15) is 8.42 Å². The highest BCUT2D eigenvalue weighted by Gasteiger charge is 2.23. The normalized spacial score (nSPS) is 11.7. The first kappa shape index (κ1) is 16.2. The van der Waals surface area contributed by atoms with E-state index >= 15 is 0 Å². The highest BCUT2D eigenvalue weighted by Crippen LogP contribution is 2.25. The summed E-state index contributed by atoms with van der Waals surface area (Å²) in [6, 6.07) is 3.54. The molecular formula is C13H20N2O2S2. The van der Waals surface area contributed by atoms with Crippen LogP contribution in [0.3, 0.4) is 0 Å². The Morgan fingerprint density at radius 2 is 2.16 bits per heavy atom. The molecule has 0 atom stereocenters. The summed E-state index contributed by atoms with van der Waals surface area (Å²) in [5, 5.41) is 3.22. The summed E-state index contributed by atoms with van der Waals surface area (Å²) in [5.74, 6) is 2.38. The van der Waals surface area contributed by atoms with Gasteiger partial charge in [-0.2, -0.15) is 4.31 Å². The lowest BCUT2D eigenvalue weighted by molar-refractivity contribution is 0.466. The quantitative estimate of drug-likeness (QED) is 0.585. The topological polar surface area (TPSA) is 49.4 Å². The first-order chi connectivity index (χ1) is 9.06. The molecule has 4 nitrogen and oxygen atoms in total. The van der Waals surface area contributed by atoms with Gasteiger partial charge in [0.25, 0.3) is 10.0 Å². The van der Waals surface area contributed by atoms with Gasteiger partial charge in [-0.15, -0.1) is 17.8 Å². The molecule has 0 bridgehead atoms.